The number of amides is 1. The topological polar surface area (TPSA) is 69.7 Å². The Bertz CT molecular complexity index is 589. The molecule has 1 N–H and O–H groups in total. The van der Waals surface area contributed by atoms with Crippen LogP contribution in [0, 0.1) is 0 Å². The molecule has 21 heavy (non-hydrogen) atoms. The van der Waals surface area contributed by atoms with E-state index in [1.165, 1.54) is 11.2 Å². The summed E-state index contributed by atoms with van der Waals surface area (Å²) >= 11 is 0. The molecule has 2 rings (SSSR count). The van der Waals surface area contributed by atoms with Gasteiger partial charge in [0.05, 0.1) is 0 Å². The number of carbonyl (C=O) groups is 1. The predicted octanol–water partition coefficient (Wildman–Crippen LogP) is 0.574. The summed E-state index contributed by atoms with van der Waals surface area (Å²) in [5, 5.41) is 0. The maximum atomic E-state index is 12.3. The van der Waals surface area contributed by atoms with Crippen molar-refractivity contribution in [1.29, 1.82) is 0 Å². The van der Waals surface area contributed by atoms with E-state index in [1.54, 1.807) is 11.9 Å². The van der Waals surface area contributed by atoms with E-state index in [1.807, 2.05) is 30.3 Å². The zero-order valence-corrected chi connectivity index (χ0v) is 13.1. The summed E-state index contributed by atoms with van der Waals surface area (Å²) in [5.74, 6) is -0.0449. The maximum Gasteiger partial charge on any atom is 0.279 e. The molecule has 0 bridgehead atoms. The van der Waals surface area contributed by atoms with Gasteiger partial charge in [-0.15, -0.1) is 0 Å². The fourth-order valence-corrected chi connectivity index (χ4v) is 3.61. The first-order chi connectivity index (χ1) is 9.90. The average molecular weight is 311 g/mol. The second-order valence-corrected chi connectivity index (χ2v) is 7.00. The lowest BCUT2D eigenvalue weighted by Gasteiger charge is -2.23. The molecule has 0 radical (unpaired) electrons. The minimum absolute atomic E-state index is 0.0449. The molecule has 0 saturated carbocycles. The van der Waals surface area contributed by atoms with Crippen LogP contribution in [0.2, 0.25) is 0 Å². The van der Waals surface area contributed by atoms with E-state index in [2.05, 4.69) is 4.72 Å². The highest BCUT2D eigenvalue weighted by molar-refractivity contribution is 7.87. The first-order valence-electron chi connectivity index (χ1n) is 6.92. The summed E-state index contributed by atoms with van der Waals surface area (Å²) in [6, 6.07) is 9.34. The van der Waals surface area contributed by atoms with Crippen molar-refractivity contribution in [2.45, 2.75) is 25.9 Å². The third kappa shape index (κ3) is 4.03. The van der Waals surface area contributed by atoms with Crippen LogP contribution in [-0.4, -0.2) is 49.7 Å². The number of rotatable bonds is 5. The molecule has 1 aliphatic heterocycles. The van der Waals surface area contributed by atoms with Gasteiger partial charge in [0, 0.05) is 39.6 Å². The smallest absolute Gasteiger partial charge is 0.279 e. The van der Waals surface area contributed by atoms with Crippen LogP contribution in [0.3, 0.4) is 0 Å². The Morgan fingerprint density at radius 3 is 2.67 bits per heavy atom. The number of benzene rings is 1. The minimum Gasteiger partial charge on any atom is -0.342 e. The third-order valence-corrected chi connectivity index (χ3v) is 5.33. The number of nitrogens with one attached hydrogen (secondary N) is 1. The summed E-state index contributed by atoms with van der Waals surface area (Å²) in [6.45, 7) is 2.55. The monoisotopic (exact) mass is 311 g/mol. The average Bonchev–Trinajstić information content (AvgIpc) is 2.96. The van der Waals surface area contributed by atoms with E-state index in [0.29, 0.717) is 19.5 Å². The van der Waals surface area contributed by atoms with Crippen LogP contribution in [0.15, 0.2) is 30.3 Å². The van der Waals surface area contributed by atoms with Gasteiger partial charge in [-0.2, -0.15) is 17.4 Å². The molecule has 0 aliphatic carbocycles. The van der Waals surface area contributed by atoms with E-state index in [0.717, 1.165) is 5.56 Å². The van der Waals surface area contributed by atoms with E-state index in [-0.39, 0.29) is 18.5 Å². The van der Waals surface area contributed by atoms with Gasteiger partial charge < -0.3 is 4.90 Å². The number of nitrogens with zero attached hydrogens (tertiary/aromatic N) is 2. The van der Waals surface area contributed by atoms with E-state index >= 15 is 0 Å². The number of carbonyl (C=O) groups excluding carboxylic acids is 1. The third-order valence-electron chi connectivity index (χ3n) is 3.81. The Morgan fingerprint density at radius 1 is 1.38 bits per heavy atom. The molecule has 1 saturated heterocycles. The Kier molecular flexibility index (Phi) is 4.97. The van der Waals surface area contributed by atoms with Crippen molar-refractivity contribution in [3.63, 3.8) is 0 Å². The number of hydrogen-bond acceptors (Lipinski definition) is 3. The Hall–Kier alpha value is -1.44. The van der Waals surface area contributed by atoms with E-state index in [9.17, 15) is 13.2 Å². The van der Waals surface area contributed by atoms with Gasteiger partial charge in [-0.25, -0.2) is 0 Å². The molecule has 1 fully saturated rings. The summed E-state index contributed by atoms with van der Waals surface area (Å²) < 4.78 is 28.5. The minimum atomic E-state index is -3.50. The van der Waals surface area contributed by atoms with Crippen LogP contribution in [0.1, 0.15) is 18.9 Å². The van der Waals surface area contributed by atoms with Gasteiger partial charge in [0.2, 0.25) is 5.91 Å². The summed E-state index contributed by atoms with van der Waals surface area (Å²) in [7, 11) is -1.80. The van der Waals surface area contributed by atoms with Crippen LogP contribution >= 0.6 is 0 Å². The highest BCUT2D eigenvalue weighted by Gasteiger charge is 2.33. The normalized spacial score (nSPS) is 19.6. The molecule has 1 amide bonds. The maximum absolute atomic E-state index is 12.3. The Morgan fingerprint density at radius 2 is 2.05 bits per heavy atom. The van der Waals surface area contributed by atoms with Gasteiger partial charge in [0.15, 0.2) is 0 Å². The molecule has 1 heterocycles. The summed E-state index contributed by atoms with van der Waals surface area (Å²) in [4.78, 5) is 12.9. The fourth-order valence-electron chi connectivity index (χ4n) is 2.36. The van der Waals surface area contributed by atoms with E-state index in [4.69, 9.17) is 0 Å². The molecule has 0 aromatic heterocycles. The highest BCUT2D eigenvalue weighted by Crippen LogP contribution is 2.17. The molecule has 1 aromatic carbocycles. The standard InChI is InChI=1S/C14H21N3O3S/c1-12(18)16(2)14-8-9-17(11-14)21(19,20)15-10-13-6-4-3-5-7-13/h3-7,14-15H,8-11H2,1-2H3. The second-order valence-electron chi connectivity index (χ2n) is 5.24. The largest absolute Gasteiger partial charge is 0.342 e. The van der Waals surface area contributed by atoms with Crippen molar-refractivity contribution in [3.05, 3.63) is 35.9 Å². The van der Waals surface area contributed by atoms with Crippen molar-refractivity contribution < 1.29 is 13.2 Å². The van der Waals surface area contributed by atoms with Crippen molar-refractivity contribution in [2.75, 3.05) is 20.1 Å². The fraction of sp³-hybridized carbons (Fsp3) is 0.500. The van der Waals surface area contributed by atoms with Gasteiger partial charge in [-0.1, -0.05) is 30.3 Å². The second kappa shape index (κ2) is 6.55. The van der Waals surface area contributed by atoms with E-state index < -0.39 is 10.2 Å². The number of likely N-dealkylation sites (N-methyl/N-ethyl adjacent to an activating group) is 1. The van der Waals surface area contributed by atoms with Gasteiger partial charge in [-0.05, 0) is 12.0 Å². The highest BCUT2D eigenvalue weighted by atomic mass is 32.2. The van der Waals surface area contributed by atoms with Crippen molar-refractivity contribution in [3.8, 4) is 0 Å². The van der Waals surface area contributed by atoms with Gasteiger partial charge in [0.1, 0.15) is 0 Å². The van der Waals surface area contributed by atoms with Gasteiger partial charge >= 0.3 is 0 Å². The molecule has 7 heteroatoms. The van der Waals surface area contributed by atoms with Crippen molar-refractivity contribution in [1.82, 2.24) is 13.9 Å². The summed E-state index contributed by atoms with van der Waals surface area (Å²) in [6.07, 6.45) is 0.669. The van der Waals surface area contributed by atoms with Crippen molar-refractivity contribution in [2.24, 2.45) is 0 Å². The zero-order chi connectivity index (χ0) is 15.5. The molecule has 1 unspecified atom stereocenters. The molecule has 1 aromatic rings. The zero-order valence-electron chi connectivity index (χ0n) is 12.3. The molecule has 1 atom stereocenters. The van der Waals surface area contributed by atoms with Gasteiger partial charge in [0.25, 0.3) is 10.2 Å². The lowest BCUT2D eigenvalue weighted by atomic mass is 10.2. The molecular weight excluding hydrogens is 290 g/mol. The molecule has 116 valence electrons. The lowest BCUT2D eigenvalue weighted by molar-refractivity contribution is -0.129. The SMILES string of the molecule is CC(=O)N(C)C1CCN(S(=O)(=O)NCc2ccccc2)C1. The van der Waals surface area contributed by atoms with Crippen LogP contribution in [0.5, 0.6) is 0 Å². The molecule has 6 nitrogen and oxygen atoms in total. The first kappa shape index (κ1) is 15.9. The van der Waals surface area contributed by atoms with Crippen LogP contribution < -0.4 is 4.72 Å². The quantitative estimate of drug-likeness (QED) is 0.864. The lowest BCUT2D eigenvalue weighted by Crippen LogP contribution is -2.42. The molecule has 0 spiro atoms. The molecular formula is C14H21N3O3S. The Balaban J connectivity index is 1.93. The van der Waals surface area contributed by atoms with Crippen molar-refractivity contribution >= 4 is 16.1 Å². The summed E-state index contributed by atoms with van der Waals surface area (Å²) in [5.41, 5.74) is 0.915. The Labute approximate surface area is 125 Å². The van der Waals surface area contributed by atoms with Crippen LogP contribution in [-0.2, 0) is 21.5 Å². The van der Waals surface area contributed by atoms with Gasteiger partial charge in [-0.3, -0.25) is 4.79 Å². The molecule has 1 aliphatic rings. The van der Waals surface area contributed by atoms with Crippen LogP contribution in [0.25, 0.3) is 0 Å². The van der Waals surface area contributed by atoms with Crippen LogP contribution in [0.4, 0.5) is 0 Å². The first-order valence-corrected chi connectivity index (χ1v) is 8.36. The predicted molar refractivity (Wildman–Crippen MR) is 80.6 cm³/mol. The number of hydrogen-bond donors (Lipinski definition) is 1.